The maximum Gasteiger partial charge on any atom is 0.322 e. The summed E-state index contributed by atoms with van der Waals surface area (Å²) in [5, 5.41) is 20.8. The average molecular weight is 1030 g/mol. The molecule has 1 saturated heterocycles. The molecule has 76 heavy (non-hydrogen) atoms. The van der Waals surface area contributed by atoms with E-state index in [1.807, 2.05) is 105 Å². The fourth-order valence-corrected chi connectivity index (χ4v) is 9.73. The van der Waals surface area contributed by atoms with Crippen molar-refractivity contribution in [2.45, 2.75) is 128 Å². The van der Waals surface area contributed by atoms with Gasteiger partial charge in [-0.25, -0.2) is 14.8 Å². The van der Waals surface area contributed by atoms with Gasteiger partial charge in [0, 0.05) is 62.2 Å². The highest BCUT2D eigenvalue weighted by Gasteiger charge is 2.46. The number of ether oxygens (including phenoxy) is 3. The second-order valence-electron chi connectivity index (χ2n) is 20.6. The van der Waals surface area contributed by atoms with Gasteiger partial charge in [-0.2, -0.15) is 5.26 Å². The summed E-state index contributed by atoms with van der Waals surface area (Å²) in [6, 6.07) is 30.9. The molecule has 4 N–H and O–H groups in total. The monoisotopic (exact) mass is 1030 g/mol. The van der Waals surface area contributed by atoms with Gasteiger partial charge in [0.1, 0.15) is 29.3 Å². The number of carbonyl (C=O) groups is 6. The first-order chi connectivity index (χ1) is 36.6. The molecule has 1 aliphatic carbocycles. The number of anilines is 2. The van der Waals surface area contributed by atoms with E-state index in [0.717, 1.165) is 71.6 Å². The van der Waals surface area contributed by atoms with Crippen LogP contribution in [-0.2, 0) is 25.7 Å². The molecule has 1 unspecified atom stereocenters. The first-order valence-electron chi connectivity index (χ1n) is 25.9. The summed E-state index contributed by atoms with van der Waals surface area (Å²) in [6.07, 6.45) is 9.45. The molecule has 4 heterocycles. The van der Waals surface area contributed by atoms with Gasteiger partial charge in [-0.1, -0.05) is 48.5 Å². The second-order valence-corrected chi connectivity index (χ2v) is 20.6. The van der Waals surface area contributed by atoms with Crippen molar-refractivity contribution in [2.24, 2.45) is 0 Å². The molecule has 396 valence electrons. The molecular formula is C58H65N9O9. The number of rotatable bonds is 22. The molecule has 0 radical (unpaired) electrons. The molecule has 18 nitrogen and oxygen atoms in total. The Morgan fingerprint density at radius 1 is 0.816 bits per heavy atom. The van der Waals surface area contributed by atoms with Crippen LogP contribution in [0.15, 0.2) is 109 Å². The Morgan fingerprint density at radius 2 is 1.59 bits per heavy atom. The molecule has 8 rings (SSSR count). The zero-order valence-corrected chi connectivity index (χ0v) is 43.4. The quantitative estimate of drug-likeness (QED) is 0.0378. The number of hydrogen-bond acceptors (Lipinski definition) is 13. The van der Waals surface area contributed by atoms with Gasteiger partial charge in [0.2, 0.25) is 17.7 Å². The molecular weight excluding hydrogens is 967 g/mol. The number of pyridine rings is 2. The zero-order valence-electron chi connectivity index (χ0n) is 43.4. The second kappa shape index (κ2) is 24.5. The van der Waals surface area contributed by atoms with Crippen LogP contribution in [0.2, 0.25) is 0 Å². The zero-order chi connectivity index (χ0) is 53.8. The number of aromatic nitrogens is 2. The average Bonchev–Trinajstić information content (AvgIpc) is 3.68. The number of benzene rings is 3. The van der Waals surface area contributed by atoms with Crippen LogP contribution in [0.25, 0.3) is 11.1 Å². The van der Waals surface area contributed by atoms with Gasteiger partial charge in [0.05, 0.1) is 28.9 Å². The summed E-state index contributed by atoms with van der Waals surface area (Å²) in [6.45, 7) is 8.95. The van der Waals surface area contributed by atoms with Gasteiger partial charge in [0.25, 0.3) is 17.7 Å². The van der Waals surface area contributed by atoms with Crippen LogP contribution < -0.4 is 35.6 Å². The Hall–Kier alpha value is -8.17. The third kappa shape index (κ3) is 14.0. The van der Waals surface area contributed by atoms with Crippen LogP contribution in [0.4, 0.5) is 16.3 Å². The number of nitrogens with zero attached hydrogens (tertiary/aromatic N) is 5. The molecule has 18 heteroatoms. The predicted molar refractivity (Wildman–Crippen MR) is 284 cm³/mol. The minimum absolute atomic E-state index is 0.00767. The minimum atomic E-state index is -1.11. The van der Waals surface area contributed by atoms with Gasteiger partial charge >= 0.3 is 6.03 Å². The molecule has 7 amide bonds. The summed E-state index contributed by atoms with van der Waals surface area (Å²) in [5.41, 5.74) is 3.23. The van der Waals surface area contributed by atoms with Crippen molar-refractivity contribution in [3.63, 3.8) is 0 Å². The number of nitriles is 1. The lowest BCUT2D eigenvalue weighted by molar-refractivity contribution is -0.136. The van der Waals surface area contributed by atoms with Gasteiger partial charge in [-0.05, 0) is 138 Å². The molecule has 0 bridgehead atoms. The molecule has 5 aromatic rings. The fourth-order valence-electron chi connectivity index (χ4n) is 9.73. The van der Waals surface area contributed by atoms with Crippen LogP contribution in [-0.4, -0.2) is 99.5 Å². The Morgan fingerprint density at radius 3 is 2.32 bits per heavy atom. The van der Waals surface area contributed by atoms with Crippen LogP contribution >= 0.6 is 0 Å². The number of unbranched alkanes of at least 4 members (excludes halogenated alkanes) is 1. The summed E-state index contributed by atoms with van der Waals surface area (Å²) in [5.74, 6) is -1.65. The van der Waals surface area contributed by atoms with Crippen LogP contribution in [0.5, 0.6) is 11.6 Å². The predicted octanol–water partition coefficient (Wildman–Crippen LogP) is 8.26. The Balaban J connectivity index is 0.774. The van der Waals surface area contributed by atoms with E-state index in [9.17, 15) is 28.8 Å². The summed E-state index contributed by atoms with van der Waals surface area (Å²) >= 11 is 0. The lowest BCUT2D eigenvalue weighted by Gasteiger charge is -2.37. The normalized spacial score (nSPS) is 17.5. The van der Waals surface area contributed by atoms with E-state index in [0.29, 0.717) is 44.0 Å². The summed E-state index contributed by atoms with van der Waals surface area (Å²) < 4.78 is 18.5. The van der Waals surface area contributed by atoms with E-state index in [1.165, 1.54) is 12.1 Å². The highest BCUT2D eigenvalue weighted by atomic mass is 16.5. The standard InChI is InChI=1S/C58H65N9O9/c1-57(2,28-8-9-30-60-50(69)37-74-47-14-10-13-45-52(47)55(72)67(54(45)71)46-24-26-49(68)65-53(46)70)75-32-29-58(3,4)76-51-33-41(27-31-61-51)40-16-20-43(21-17-40)66(56(73)63-35-38-11-6-5-7-12-38)44-22-18-42(19-23-44)64-48-25-15-39(34-59)36-62-48/h5-7,10-17,20-21,25,27,31,33,36,42,44,46H,8-9,18-19,22-24,26,28-30,32,35,37H2,1-4H3,(H,60,69)(H,62,64)(H,63,73)(H,65,68,70). The SMILES string of the molecule is CC(C)(CCCCNC(=O)COc1cccc2c1C(=O)N(C1CCC(=O)NC1=O)C2=O)OCCC(C)(C)Oc1cc(-c2ccc(N(C(=O)NCc3ccccc3)C3CCC(Nc4ccc(C#N)cn4)CC3)cc2)ccn1. The molecule has 2 aliphatic heterocycles. The Bertz CT molecular complexity index is 2930. The van der Waals surface area contributed by atoms with Gasteiger partial charge in [-0.15, -0.1) is 0 Å². The third-order valence-electron chi connectivity index (χ3n) is 13.9. The summed E-state index contributed by atoms with van der Waals surface area (Å²) in [7, 11) is 0. The molecule has 3 aliphatic rings. The molecule has 2 fully saturated rings. The lowest BCUT2D eigenvalue weighted by atomic mass is 9.89. The van der Waals surface area contributed by atoms with E-state index < -0.39 is 46.8 Å². The van der Waals surface area contributed by atoms with Crippen LogP contribution in [0.1, 0.15) is 124 Å². The van der Waals surface area contributed by atoms with E-state index in [-0.39, 0.29) is 54.4 Å². The fraction of sp³-hybridized carbons (Fsp3) is 0.397. The number of amides is 7. The first kappa shape index (κ1) is 54.1. The Kier molecular flexibility index (Phi) is 17.4. The summed E-state index contributed by atoms with van der Waals surface area (Å²) in [4.78, 5) is 89.0. The van der Waals surface area contributed by atoms with E-state index in [2.05, 4.69) is 37.3 Å². The molecule has 1 saturated carbocycles. The van der Waals surface area contributed by atoms with E-state index in [1.54, 1.807) is 24.5 Å². The molecule has 3 aromatic carbocycles. The number of nitrogens with one attached hydrogen (secondary N) is 4. The van der Waals surface area contributed by atoms with Crippen molar-refractivity contribution in [3.8, 4) is 28.8 Å². The van der Waals surface area contributed by atoms with E-state index >= 15 is 0 Å². The number of piperidine rings is 1. The largest absolute Gasteiger partial charge is 0.483 e. The highest BCUT2D eigenvalue weighted by Crippen LogP contribution is 2.35. The van der Waals surface area contributed by atoms with Crippen molar-refractivity contribution in [3.05, 3.63) is 132 Å². The van der Waals surface area contributed by atoms with E-state index in [4.69, 9.17) is 19.5 Å². The lowest BCUT2D eigenvalue weighted by Crippen LogP contribution is -2.54. The minimum Gasteiger partial charge on any atom is -0.483 e. The van der Waals surface area contributed by atoms with Gasteiger partial charge in [-0.3, -0.25) is 39.1 Å². The van der Waals surface area contributed by atoms with Crippen molar-refractivity contribution in [2.75, 3.05) is 30.0 Å². The van der Waals surface area contributed by atoms with Crippen LogP contribution in [0, 0.1) is 11.3 Å². The van der Waals surface area contributed by atoms with Crippen molar-refractivity contribution in [1.29, 1.82) is 5.26 Å². The van der Waals surface area contributed by atoms with Crippen molar-refractivity contribution in [1.82, 2.24) is 30.8 Å². The number of hydrogen-bond donors (Lipinski definition) is 4. The number of fused-ring (bicyclic) bond motifs is 1. The molecule has 2 aromatic heterocycles. The van der Waals surface area contributed by atoms with Gasteiger partial charge in [0.15, 0.2) is 6.61 Å². The maximum atomic E-state index is 14.0. The number of urea groups is 1. The highest BCUT2D eigenvalue weighted by molar-refractivity contribution is 6.24. The molecule has 0 spiro atoms. The number of imide groups is 2. The van der Waals surface area contributed by atoms with Crippen molar-refractivity contribution < 1.29 is 43.0 Å². The number of carbonyl (C=O) groups excluding carboxylic acids is 6. The third-order valence-corrected chi connectivity index (χ3v) is 13.9. The van der Waals surface area contributed by atoms with Gasteiger partial charge < -0.3 is 30.2 Å². The topological polar surface area (TPSA) is 234 Å². The Labute approximate surface area is 442 Å². The maximum absolute atomic E-state index is 14.0. The molecule has 1 atom stereocenters. The van der Waals surface area contributed by atoms with Crippen molar-refractivity contribution >= 4 is 47.1 Å². The smallest absolute Gasteiger partial charge is 0.322 e. The van der Waals surface area contributed by atoms with Crippen LogP contribution in [0.3, 0.4) is 0 Å². The first-order valence-corrected chi connectivity index (χ1v) is 25.9.